The summed E-state index contributed by atoms with van der Waals surface area (Å²) in [6, 6.07) is 0.739. The zero-order valence-electron chi connectivity index (χ0n) is 11.6. The summed E-state index contributed by atoms with van der Waals surface area (Å²) in [6.07, 6.45) is 3.86. The van der Waals surface area contributed by atoms with Crippen molar-refractivity contribution in [2.75, 3.05) is 5.75 Å². The number of nitrogens with zero attached hydrogens (tertiary/aromatic N) is 2. The zero-order chi connectivity index (χ0) is 13.0. The lowest BCUT2D eigenvalue weighted by Gasteiger charge is -2.11. The molecule has 1 N–H and O–H groups in total. The van der Waals surface area contributed by atoms with Gasteiger partial charge in [-0.2, -0.15) is 11.8 Å². The highest BCUT2D eigenvalue weighted by Crippen LogP contribution is 2.20. The molecule has 0 aliphatic heterocycles. The van der Waals surface area contributed by atoms with Crippen LogP contribution in [0.5, 0.6) is 0 Å². The van der Waals surface area contributed by atoms with Gasteiger partial charge in [0.25, 0.3) is 0 Å². The average molecular weight is 265 g/mol. The fraction of sp³-hybridized carbons (Fsp3) is 0.714. The minimum atomic E-state index is 0.739. The van der Waals surface area contributed by atoms with E-state index in [1.165, 1.54) is 30.6 Å². The van der Waals surface area contributed by atoms with Gasteiger partial charge in [0.05, 0.1) is 5.75 Å². The van der Waals surface area contributed by atoms with Gasteiger partial charge in [0, 0.05) is 29.5 Å². The van der Waals surface area contributed by atoms with E-state index in [9.17, 15) is 0 Å². The van der Waals surface area contributed by atoms with Crippen molar-refractivity contribution in [3.05, 3.63) is 22.8 Å². The Morgan fingerprint density at radius 3 is 2.44 bits per heavy atom. The number of hydrogen-bond donors (Lipinski definition) is 1. The van der Waals surface area contributed by atoms with Crippen LogP contribution < -0.4 is 5.32 Å². The second-order valence-corrected chi connectivity index (χ2v) is 6.10. The molecule has 0 saturated heterocycles. The lowest BCUT2D eigenvalue weighted by molar-refractivity contribution is 0.673. The van der Waals surface area contributed by atoms with Crippen LogP contribution in [-0.2, 0) is 12.3 Å². The summed E-state index contributed by atoms with van der Waals surface area (Å²) in [5.74, 6) is 3.11. The van der Waals surface area contributed by atoms with Gasteiger partial charge in [0.1, 0.15) is 5.82 Å². The summed E-state index contributed by atoms with van der Waals surface area (Å²) in [6.45, 7) is 7.33. The van der Waals surface area contributed by atoms with E-state index in [0.717, 1.165) is 35.6 Å². The fourth-order valence-electron chi connectivity index (χ4n) is 1.97. The first-order valence-electron chi connectivity index (χ1n) is 6.84. The van der Waals surface area contributed by atoms with Gasteiger partial charge >= 0.3 is 0 Å². The van der Waals surface area contributed by atoms with E-state index >= 15 is 0 Å². The van der Waals surface area contributed by atoms with E-state index in [1.807, 2.05) is 11.8 Å². The maximum Gasteiger partial charge on any atom is 0.138 e. The summed E-state index contributed by atoms with van der Waals surface area (Å²) in [5, 5.41) is 3.54. The van der Waals surface area contributed by atoms with E-state index in [1.54, 1.807) is 0 Å². The van der Waals surface area contributed by atoms with Crippen molar-refractivity contribution in [1.82, 2.24) is 15.3 Å². The van der Waals surface area contributed by atoms with Crippen LogP contribution in [0.25, 0.3) is 0 Å². The highest BCUT2D eigenvalue weighted by molar-refractivity contribution is 7.98. The van der Waals surface area contributed by atoms with Gasteiger partial charge < -0.3 is 5.32 Å². The summed E-state index contributed by atoms with van der Waals surface area (Å²) >= 11 is 1.92. The molecular weight excluding hydrogens is 242 g/mol. The summed E-state index contributed by atoms with van der Waals surface area (Å²) in [4.78, 5) is 9.26. The number of thioether (sulfide) groups is 1. The number of aryl methyl sites for hydroxylation is 2. The largest absolute Gasteiger partial charge is 0.310 e. The normalized spacial score (nSPS) is 15.1. The van der Waals surface area contributed by atoms with Gasteiger partial charge in [-0.25, -0.2) is 9.97 Å². The number of hydrogen-bond acceptors (Lipinski definition) is 4. The molecule has 1 saturated carbocycles. The smallest absolute Gasteiger partial charge is 0.138 e. The lowest BCUT2D eigenvalue weighted by Crippen LogP contribution is -2.18. The van der Waals surface area contributed by atoms with Crippen LogP contribution in [0.15, 0.2) is 0 Å². The first-order chi connectivity index (χ1) is 8.70. The molecule has 100 valence electrons. The standard InChI is InChI=1S/C14H23N3S/c1-4-7-18-9-14-16-10(2)13(11(3)17-14)8-15-12-5-6-12/h12,15H,4-9H2,1-3H3. The van der Waals surface area contributed by atoms with Crippen molar-refractivity contribution < 1.29 is 0 Å². The van der Waals surface area contributed by atoms with Crippen LogP contribution in [0.4, 0.5) is 0 Å². The Labute approximate surface area is 114 Å². The van der Waals surface area contributed by atoms with Crippen molar-refractivity contribution in [3.63, 3.8) is 0 Å². The average Bonchev–Trinajstić information content (AvgIpc) is 3.12. The number of nitrogens with one attached hydrogen (secondary N) is 1. The predicted octanol–water partition coefficient (Wildman–Crippen LogP) is 2.99. The lowest BCUT2D eigenvalue weighted by atomic mass is 10.1. The quantitative estimate of drug-likeness (QED) is 0.769. The van der Waals surface area contributed by atoms with Crippen LogP contribution in [0.3, 0.4) is 0 Å². The maximum absolute atomic E-state index is 4.63. The van der Waals surface area contributed by atoms with Gasteiger partial charge in [-0.15, -0.1) is 0 Å². The highest BCUT2D eigenvalue weighted by atomic mass is 32.2. The molecule has 1 aromatic rings. The van der Waals surface area contributed by atoms with Crippen LogP contribution in [0.1, 0.15) is 49.0 Å². The molecule has 0 radical (unpaired) electrons. The molecule has 0 bridgehead atoms. The molecule has 1 fully saturated rings. The molecule has 1 heterocycles. The van der Waals surface area contributed by atoms with E-state index in [0.29, 0.717) is 0 Å². The van der Waals surface area contributed by atoms with Gasteiger partial charge in [-0.3, -0.25) is 0 Å². The molecule has 1 aliphatic rings. The number of rotatable bonds is 7. The summed E-state index contributed by atoms with van der Waals surface area (Å²) in [7, 11) is 0. The van der Waals surface area contributed by atoms with Crippen molar-refractivity contribution in [2.24, 2.45) is 0 Å². The minimum Gasteiger partial charge on any atom is -0.310 e. The third-order valence-electron chi connectivity index (χ3n) is 3.19. The topological polar surface area (TPSA) is 37.8 Å². The van der Waals surface area contributed by atoms with Crippen LogP contribution in [0.2, 0.25) is 0 Å². The van der Waals surface area contributed by atoms with Crippen molar-refractivity contribution in [3.8, 4) is 0 Å². The minimum absolute atomic E-state index is 0.739. The Bertz CT molecular complexity index is 379. The predicted molar refractivity (Wildman–Crippen MR) is 77.8 cm³/mol. The number of aromatic nitrogens is 2. The monoisotopic (exact) mass is 265 g/mol. The Kier molecular flexibility index (Phi) is 5.01. The molecular formula is C14H23N3S. The molecule has 0 unspecified atom stereocenters. The van der Waals surface area contributed by atoms with Gasteiger partial charge in [0.15, 0.2) is 0 Å². The second kappa shape index (κ2) is 6.53. The van der Waals surface area contributed by atoms with Gasteiger partial charge in [0.2, 0.25) is 0 Å². The third kappa shape index (κ3) is 3.95. The van der Waals surface area contributed by atoms with E-state index < -0.39 is 0 Å². The Hall–Kier alpha value is -0.610. The Balaban J connectivity index is 1.97. The van der Waals surface area contributed by atoms with E-state index in [-0.39, 0.29) is 0 Å². The first kappa shape index (κ1) is 13.8. The third-order valence-corrected chi connectivity index (χ3v) is 4.35. The van der Waals surface area contributed by atoms with Crippen LogP contribution in [-0.4, -0.2) is 21.8 Å². The molecule has 0 spiro atoms. The molecule has 0 atom stereocenters. The fourth-order valence-corrected chi connectivity index (χ4v) is 2.72. The summed E-state index contributed by atoms with van der Waals surface area (Å²) < 4.78 is 0. The van der Waals surface area contributed by atoms with Crippen LogP contribution in [0, 0.1) is 13.8 Å². The van der Waals surface area contributed by atoms with Crippen LogP contribution >= 0.6 is 11.8 Å². The maximum atomic E-state index is 4.63. The van der Waals surface area contributed by atoms with Crippen molar-refractivity contribution in [2.45, 2.75) is 58.4 Å². The van der Waals surface area contributed by atoms with Crippen molar-refractivity contribution in [1.29, 1.82) is 0 Å². The van der Waals surface area contributed by atoms with Gasteiger partial charge in [-0.05, 0) is 38.9 Å². The van der Waals surface area contributed by atoms with Gasteiger partial charge in [-0.1, -0.05) is 6.92 Å². The molecule has 18 heavy (non-hydrogen) atoms. The molecule has 0 aromatic carbocycles. The van der Waals surface area contributed by atoms with E-state index in [2.05, 4.69) is 36.1 Å². The first-order valence-corrected chi connectivity index (χ1v) is 8.00. The SMILES string of the molecule is CCCSCc1nc(C)c(CNC2CC2)c(C)n1. The molecule has 0 amide bonds. The molecule has 3 nitrogen and oxygen atoms in total. The molecule has 4 heteroatoms. The van der Waals surface area contributed by atoms with E-state index in [4.69, 9.17) is 0 Å². The second-order valence-electron chi connectivity index (χ2n) is 5.00. The molecule has 1 aliphatic carbocycles. The molecule has 2 rings (SSSR count). The Morgan fingerprint density at radius 2 is 1.89 bits per heavy atom. The Morgan fingerprint density at radius 1 is 1.22 bits per heavy atom. The highest BCUT2D eigenvalue weighted by Gasteiger charge is 2.21. The summed E-state index contributed by atoms with van der Waals surface area (Å²) in [5.41, 5.74) is 3.57. The zero-order valence-corrected chi connectivity index (χ0v) is 12.4. The molecule has 1 aromatic heterocycles. The van der Waals surface area contributed by atoms with Crippen molar-refractivity contribution >= 4 is 11.8 Å².